The number of rotatable bonds is 5. The van der Waals surface area contributed by atoms with Crippen molar-refractivity contribution in [3.8, 4) is 0 Å². The number of nitrogens with two attached hydrogens (primary N) is 1. The van der Waals surface area contributed by atoms with E-state index in [9.17, 15) is 0 Å². The van der Waals surface area contributed by atoms with Gasteiger partial charge in [0, 0.05) is 44.3 Å². The van der Waals surface area contributed by atoms with E-state index in [1.165, 1.54) is 18.8 Å². The van der Waals surface area contributed by atoms with Crippen LogP contribution in [0.4, 0.5) is 0 Å². The zero-order chi connectivity index (χ0) is 10.4. The highest BCUT2D eigenvalue weighted by molar-refractivity contribution is 7.99. The number of ether oxygens (including phenoxy) is 1. The van der Waals surface area contributed by atoms with Gasteiger partial charge in [0.1, 0.15) is 0 Å². The molecule has 2 atom stereocenters. The maximum atomic E-state index is 5.58. The van der Waals surface area contributed by atoms with Gasteiger partial charge in [-0.1, -0.05) is 6.92 Å². The van der Waals surface area contributed by atoms with Crippen molar-refractivity contribution in [1.82, 2.24) is 4.90 Å². The fourth-order valence-corrected chi connectivity index (χ4v) is 2.83. The Hall–Kier alpha value is 0.230. The van der Waals surface area contributed by atoms with Gasteiger partial charge >= 0.3 is 0 Å². The molecule has 4 heteroatoms. The molecule has 1 fully saturated rings. The topological polar surface area (TPSA) is 38.5 Å². The summed E-state index contributed by atoms with van der Waals surface area (Å²) in [7, 11) is 1.74. The molecule has 84 valence electrons. The monoisotopic (exact) mass is 218 g/mol. The minimum atomic E-state index is 0.236. The summed E-state index contributed by atoms with van der Waals surface area (Å²) in [6.45, 7) is 6.49. The van der Waals surface area contributed by atoms with Crippen LogP contribution in [0.3, 0.4) is 0 Å². The van der Waals surface area contributed by atoms with Gasteiger partial charge in [-0.2, -0.15) is 11.8 Å². The Balaban J connectivity index is 2.16. The summed E-state index contributed by atoms with van der Waals surface area (Å²) < 4.78 is 5.26. The van der Waals surface area contributed by atoms with Crippen LogP contribution in [0.5, 0.6) is 0 Å². The van der Waals surface area contributed by atoms with Crippen LogP contribution in [0.25, 0.3) is 0 Å². The molecule has 1 saturated heterocycles. The van der Waals surface area contributed by atoms with E-state index < -0.39 is 0 Å². The number of hydrogen-bond acceptors (Lipinski definition) is 4. The van der Waals surface area contributed by atoms with Gasteiger partial charge in [0.25, 0.3) is 0 Å². The molecule has 1 aliphatic rings. The van der Waals surface area contributed by atoms with E-state index in [1.807, 2.05) is 0 Å². The molecule has 0 saturated carbocycles. The second kappa shape index (κ2) is 6.67. The summed E-state index contributed by atoms with van der Waals surface area (Å²) in [6, 6.07) is 0. The highest BCUT2D eigenvalue weighted by Crippen LogP contribution is 2.17. The predicted molar refractivity (Wildman–Crippen MR) is 62.8 cm³/mol. The van der Waals surface area contributed by atoms with Crippen LogP contribution in [0.1, 0.15) is 13.3 Å². The van der Waals surface area contributed by atoms with E-state index >= 15 is 0 Å². The van der Waals surface area contributed by atoms with Crippen LogP contribution in [0.2, 0.25) is 0 Å². The standard InChI is InChI=1S/C10H22N2OS/c1-9-8-12(5-6-14-9)4-3-10(7-11)13-2/h9-10H,3-8,11H2,1-2H3. The lowest BCUT2D eigenvalue weighted by atomic mass is 10.2. The average Bonchev–Trinajstić information content (AvgIpc) is 2.19. The first-order chi connectivity index (χ1) is 6.76. The van der Waals surface area contributed by atoms with Crippen molar-refractivity contribution >= 4 is 11.8 Å². The molecule has 0 spiro atoms. The third-order valence-electron chi connectivity index (χ3n) is 2.69. The molecule has 0 aliphatic carbocycles. The number of thioether (sulfide) groups is 1. The highest BCUT2D eigenvalue weighted by Gasteiger charge is 2.17. The molecule has 0 radical (unpaired) electrons. The van der Waals surface area contributed by atoms with Crippen molar-refractivity contribution in [3.63, 3.8) is 0 Å². The Labute approximate surface area is 91.4 Å². The third-order valence-corrected chi connectivity index (χ3v) is 3.83. The first-order valence-electron chi connectivity index (χ1n) is 5.33. The predicted octanol–water partition coefficient (Wildman–Crippen LogP) is 0.787. The molecule has 0 aromatic carbocycles. The second-order valence-corrected chi connectivity index (χ2v) is 5.41. The van der Waals surface area contributed by atoms with Crippen molar-refractivity contribution in [1.29, 1.82) is 0 Å². The minimum absolute atomic E-state index is 0.236. The zero-order valence-electron chi connectivity index (χ0n) is 9.24. The fourth-order valence-electron chi connectivity index (χ4n) is 1.75. The molecule has 14 heavy (non-hydrogen) atoms. The van der Waals surface area contributed by atoms with Gasteiger partial charge in [0.2, 0.25) is 0 Å². The number of methoxy groups -OCH3 is 1. The summed E-state index contributed by atoms with van der Waals surface area (Å²) in [5, 5.41) is 0.780. The highest BCUT2D eigenvalue weighted by atomic mass is 32.2. The van der Waals surface area contributed by atoms with E-state index in [1.54, 1.807) is 7.11 Å². The molecule has 1 rings (SSSR count). The maximum Gasteiger partial charge on any atom is 0.0705 e. The van der Waals surface area contributed by atoms with Crippen LogP contribution in [-0.2, 0) is 4.74 Å². The van der Waals surface area contributed by atoms with E-state index in [2.05, 4.69) is 23.6 Å². The Kier molecular flexibility index (Phi) is 5.86. The van der Waals surface area contributed by atoms with Gasteiger partial charge in [-0.25, -0.2) is 0 Å². The van der Waals surface area contributed by atoms with Gasteiger partial charge in [0.05, 0.1) is 6.10 Å². The van der Waals surface area contributed by atoms with Crippen molar-refractivity contribution in [2.75, 3.05) is 39.0 Å². The quantitative estimate of drug-likeness (QED) is 0.740. The van der Waals surface area contributed by atoms with Crippen LogP contribution in [-0.4, -0.2) is 55.3 Å². The van der Waals surface area contributed by atoms with E-state index in [0.717, 1.165) is 18.2 Å². The van der Waals surface area contributed by atoms with E-state index in [4.69, 9.17) is 10.5 Å². The summed E-state index contributed by atoms with van der Waals surface area (Å²) in [6.07, 6.45) is 1.30. The summed E-state index contributed by atoms with van der Waals surface area (Å²) in [5.74, 6) is 1.27. The van der Waals surface area contributed by atoms with Crippen molar-refractivity contribution < 1.29 is 4.74 Å². The largest absolute Gasteiger partial charge is 0.380 e. The lowest BCUT2D eigenvalue weighted by Gasteiger charge is -2.31. The molecule has 2 unspecified atom stereocenters. The molecule has 0 aromatic heterocycles. The van der Waals surface area contributed by atoms with E-state index in [-0.39, 0.29) is 6.10 Å². The SMILES string of the molecule is COC(CN)CCN1CCSC(C)C1. The fraction of sp³-hybridized carbons (Fsp3) is 1.00. The van der Waals surface area contributed by atoms with Crippen LogP contribution >= 0.6 is 11.8 Å². The van der Waals surface area contributed by atoms with E-state index in [0.29, 0.717) is 6.54 Å². The minimum Gasteiger partial charge on any atom is -0.380 e. The van der Waals surface area contributed by atoms with Gasteiger partial charge in [-0.15, -0.1) is 0 Å². The molecule has 1 heterocycles. The molecule has 0 bridgehead atoms. The second-order valence-electron chi connectivity index (χ2n) is 3.86. The van der Waals surface area contributed by atoms with Gasteiger partial charge in [-0.05, 0) is 6.42 Å². The van der Waals surface area contributed by atoms with Gasteiger partial charge in [-0.3, -0.25) is 0 Å². The first kappa shape index (κ1) is 12.3. The molecule has 0 aromatic rings. The number of hydrogen-bond donors (Lipinski definition) is 1. The Morgan fingerprint density at radius 1 is 1.64 bits per heavy atom. The molecule has 1 aliphatic heterocycles. The maximum absolute atomic E-state index is 5.58. The van der Waals surface area contributed by atoms with Crippen molar-refractivity contribution in [2.24, 2.45) is 5.73 Å². The Morgan fingerprint density at radius 3 is 3.00 bits per heavy atom. The van der Waals surface area contributed by atoms with Crippen LogP contribution in [0, 0.1) is 0 Å². The zero-order valence-corrected chi connectivity index (χ0v) is 10.1. The summed E-state index contributed by atoms with van der Waals surface area (Å²) >= 11 is 2.07. The van der Waals surface area contributed by atoms with Crippen molar-refractivity contribution in [2.45, 2.75) is 24.7 Å². The summed E-state index contributed by atoms with van der Waals surface area (Å²) in [4.78, 5) is 2.52. The molecular formula is C10H22N2OS. The normalized spacial score (nSPS) is 26.4. The Morgan fingerprint density at radius 2 is 2.43 bits per heavy atom. The summed E-state index contributed by atoms with van der Waals surface area (Å²) in [5.41, 5.74) is 5.58. The molecule has 0 amide bonds. The molecule has 3 nitrogen and oxygen atoms in total. The average molecular weight is 218 g/mol. The van der Waals surface area contributed by atoms with Crippen LogP contribution < -0.4 is 5.73 Å². The lowest BCUT2D eigenvalue weighted by Crippen LogP contribution is -2.39. The first-order valence-corrected chi connectivity index (χ1v) is 6.38. The number of nitrogens with zero attached hydrogens (tertiary/aromatic N) is 1. The smallest absolute Gasteiger partial charge is 0.0705 e. The molecule has 2 N–H and O–H groups in total. The van der Waals surface area contributed by atoms with Gasteiger partial charge < -0.3 is 15.4 Å². The molecular weight excluding hydrogens is 196 g/mol. The Bertz CT molecular complexity index is 153. The third kappa shape index (κ3) is 4.17. The van der Waals surface area contributed by atoms with Crippen molar-refractivity contribution in [3.05, 3.63) is 0 Å². The lowest BCUT2D eigenvalue weighted by molar-refractivity contribution is 0.0900. The van der Waals surface area contributed by atoms with Gasteiger partial charge in [0.15, 0.2) is 0 Å². The van der Waals surface area contributed by atoms with Crippen LogP contribution in [0.15, 0.2) is 0 Å².